The number of nitro groups is 1. The number of amides is 1. The molecule has 148 valence electrons. The van der Waals surface area contributed by atoms with Crippen molar-refractivity contribution in [3.05, 3.63) is 99.6 Å². The quantitative estimate of drug-likeness (QED) is 0.463. The maximum Gasteiger partial charge on any atom is 0.272 e. The lowest BCUT2D eigenvalue weighted by Gasteiger charge is -2.25. The van der Waals surface area contributed by atoms with Gasteiger partial charge in [-0.1, -0.05) is 30.3 Å². The summed E-state index contributed by atoms with van der Waals surface area (Å²) in [6.07, 6.45) is 0. The van der Waals surface area contributed by atoms with Crippen molar-refractivity contribution in [2.45, 2.75) is 18.7 Å². The summed E-state index contributed by atoms with van der Waals surface area (Å²) in [7, 11) is -4.22. The monoisotopic (exact) mass is 410 g/mol. The van der Waals surface area contributed by atoms with Gasteiger partial charge in [0.25, 0.3) is 21.6 Å². The summed E-state index contributed by atoms with van der Waals surface area (Å²) in [5, 5.41) is 10.9. The molecular weight excluding hydrogens is 392 g/mol. The van der Waals surface area contributed by atoms with Crippen molar-refractivity contribution in [3.8, 4) is 0 Å². The Morgan fingerprint density at radius 1 is 0.897 bits per heavy atom. The van der Waals surface area contributed by atoms with Crippen LogP contribution in [0.5, 0.6) is 0 Å². The van der Waals surface area contributed by atoms with Crippen molar-refractivity contribution in [1.82, 2.24) is 0 Å². The lowest BCUT2D eigenvalue weighted by molar-refractivity contribution is -0.384. The van der Waals surface area contributed by atoms with Gasteiger partial charge in [-0.3, -0.25) is 14.9 Å². The molecule has 0 aliphatic rings. The van der Waals surface area contributed by atoms with E-state index >= 15 is 0 Å². The van der Waals surface area contributed by atoms with Crippen molar-refractivity contribution in [2.24, 2.45) is 0 Å². The Labute approximate surface area is 168 Å². The Hall–Kier alpha value is -3.52. The average molecular weight is 410 g/mol. The maximum atomic E-state index is 13.4. The fourth-order valence-corrected chi connectivity index (χ4v) is 4.34. The van der Waals surface area contributed by atoms with Gasteiger partial charge in [0.2, 0.25) is 0 Å². The molecule has 0 unspecified atom stereocenters. The molecule has 0 atom stereocenters. The van der Waals surface area contributed by atoms with Crippen molar-refractivity contribution >= 4 is 27.3 Å². The Morgan fingerprint density at radius 2 is 1.52 bits per heavy atom. The van der Waals surface area contributed by atoms with Crippen LogP contribution in [0.2, 0.25) is 0 Å². The van der Waals surface area contributed by atoms with Crippen LogP contribution in [0.15, 0.2) is 77.7 Å². The normalized spacial score (nSPS) is 11.1. The Bertz CT molecular complexity index is 1170. The van der Waals surface area contributed by atoms with Gasteiger partial charge < -0.3 is 0 Å². The molecule has 7 nitrogen and oxygen atoms in total. The number of aryl methyl sites for hydroxylation is 1. The zero-order chi connectivity index (χ0) is 21.2. The van der Waals surface area contributed by atoms with Gasteiger partial charge in [0, 0.05) is 17.7 Å². The van der Waals surface area contributed by atoms with Crippen LogP contribution in [0.3, 0.4) is 0 Å². The van der Waals surface area contributed by atoms with Crippen LogP contribution in [0, 0.1) is 24.0 Å². The molecule has 0 heterocycles. The van der Waals surface area contributed by atoms with Gasteiger partial charge in [-0.2, -0.15) is 4.31 Å². The van der Waals surface area contributed by atoms with E-state index in [4.69, 9.17) is 0 Å². The summed E-state index contributed by atoms with van der Waals surface area (Å²) < 4.78 is 27.5. The number of non-ortho nitro benzene ring substituents is 1. The third-order valence-corrected chi connectivity index (χ3v) is 6.30. The van der Waals surface area contributed by atoms with Crippen LogP contribution in [0.4, 0.5) is 11.4 Å². The Balaban J connectivity index is 2.19. The molecule has 0 spiro atoms. The first-order valence-electron chi connectivity index (χ1n) is 8.69. The van der Waals surface area contributed by atoms with Gasteiger partial charge in [0.05, 0.1) is 15.5 Å². The van der Waals surface area contributed by atoms with E-state index in [0.29, 0.717) is 5.56 Å². The maximum absolute atomic E-state index is 13.4. The number of anilines is 1. The summed E-state index contributed by atoms with van der Waals surface area (Å²) in [6, 6.07) is 17.6. The second-order valence-corrected chi connectivity index (χ2v) is 8.20. The molecule has 0 saturated carbocycles. The molecule has 0 saturated heterocycles. The predicted octanol–water partition coefficient (Wildman–Crippen LogP) is 4.25. The Kier molecular flexibility index (Phi) is 5.47. The zero-order valence-corrected chi connectivity index (χ0v) is 16.6. The fourth-order valence-electron chi connectivity index (χ4n) is 2.84. The second-order valence-electron chi connectivity index (χ2n) is 6.41. The zero-order valence-electron chi connectivity index (χ0n) is 15.8. The van der Waals surface area contributed by atoms with E-state index in [2.05, 4.69) is 0 Å². The molecule has 3 aromatic carbocycles. The highest BCUT2D eigenvalue weighted by atomic mass is 32.2. The summed E-state index contributed by atoms with van der Waals surface area (Å²) in [5.74, 6) is -0.794. The molecular formula is C21H18N2O5S. The molecule has 0 aliphatic carbocycles. The highest BCUT2D eigenvalue weighted by Gasteiger charge is 2.33. The third kappa shape index (κ3) is 3.88. The standard InChI is InChI=1S/C21H18N2O5S/c1-15-7-6-10-20(16(15)2)22(29(27,28)19-8-4-3-5-9-19)21(24)17-11-13-18(14-12-17)23(25)26/h3-14H,1-2H3. The molecule has 0 aliphatic heterocycles. The molecule has 0 radical (unpaired) electrons. The highest BCUT2D eigenvalue weighted by molar-refractivity contribution is 7.93. The summed E-state index contributed by atoms with van der Waals surface area (Å²) in [4.78, 5) is 23.5. The van der Waals surface area contributed by atoms with Crippen LogP contribution >= 0.6 is 0 Å². The minimum Gasteiger partial charge on any atom is -0.268 e. The van der Waals surface area contributed by atoms with Gasteiger partial charge >= 0.3 is 0 Å². The number of sulfonamides is 1. The number of carbonyl (C=O) groups is 1. The number of rotatable bonds is 5. The fraction of sp³-hybridized carbons (Fsp3) is 0.0952. The Morgan fingerprint density at radius 3 is 2.10 bits per heavy atom. The number of nitro benzene ring substituents is 1. The number of carbonyl (C=O) groups excluding carboxylic acids is 1. The number of hydrogen-bond acceptors (Lipinski definition) is 5. The van der Waals surface area contributed by atoms with E-state index in [-0.39, 0.29) is 21.8 Å². The molecule has 8 heteroatoms. The van der Waals surface area contributed by atoms with Gasteiger partial charge in [-0.05, 0) is 55.3 Å². The van der Waals surface area contributed by atoms with Crippen molar-refractivity contribution in [2.75, 3.05) is 4.31 Å². The van der Waals surface area contributed by atoms with Crippen LogP contribution < -0.4 is 4.31 Å². The first-order chi connectivity index (χ1) is 13.7. The molecule has 1 amide bonds. The largest absolute Gasteiger partial charge is 0.272 e. The van der Waals surface area contributed by atoms with Gasteiger partial charge in [0.1, 0.15) is 0 Å². The molecule has 29 heavy (non-hydrogen) atoms. The van der Waals surface area contributed by atoms with Gasteiger partial charge in [0.15, 0.2) is 0 Å². The van der Waals surface area contributed by atoms with Crippen molar-refractivity contribution < 1.29 is 18.1 Å². The van der Waals surface area contributed by atoms with E-state index in [1.54, 1.807) is 37.3 Å². The topological polar surface area (TPSA) is 97.6 Å². The summed E-state index contributed by atoms with van der Waals surface area (Å²) >= 11 is 0. The van der Waals surface area contributed by atoms with Crippen LogP contribution in [-0.2, 0) is 10.0 Å². The van der Waals surface area contributed by atoms with Gasteiger partial charge in [-0.25, -0.2) is 8.42 Å². The lowest BCUT2D eigenvalue weighted by atomic mass is 10.1. The van der Waals surface area contributed by atoms with Crippen LogP contribution in [0.25, 0.3) is 0 Å². The second kappa shape index (κ2) is 7.84. The minimum absolute atomic E-state index is 0.0241. The van der Waals surface area contributed by atoms with E-state index in [0.717, 1.165) is 9.87 Å². The smallest absolute Gasteiger partial charge is 0.268 e. The molecule has 0 fully saturated rings. The number of nitrogens with zero attached hydrogens (tertiary/aromatic N) is 2. The lowest BCUT2D eigenvalue weighted by Crippen LogP contribution is -2.37. The summed E-state index contributed by atoms with van der Waals surface area (Å²) in [5.41, 5.74) is 1.54. The van der Waals surface area contributed by atoms with Crippen molar-refractivity contribution in [3.63, 3.8) is 0 Å². The molecule has 3 rings (SSSR count). The minimum atomic E-state index is -4.22. The van der Waals surface area contributed by atoms with E-state index in [1.165, 1.54) is 36.4 Å². The van der Waals surface area contributed by atoms with Crippen LogP contribution in [0.1, 0.15) is 21.5 Å². The van der Waals surface area contributed by atoms with Gasteiger partial charge in [-0.15, -0.1) is 0 Å². The summed E-state index contributed by atoms with van der Waals surface area (Å²) in [6.45, 7) is 3.56. The van der Waals surface area contributed by atoms with E-state index in [9.17, 15) is 23.3 Å². The SMILES string of the molecule is Cc1cccc(N(C(=O)c2ccc([N+](=O)[O-])cc2)S(=O)(=O)c2ccccc2)c1C. The first-order valence-corrected chi connectivity index (χ1v) is 10.1. The van der Waals surface area contributed by atoms with Crippen LogP contribution in [-0.4, -0.2) is 19.2 Å². The van der Waals surface area contributed by atoms with E-state index < -0.39 is 20.9 Å². The van der Waals surface area contributed by atoms with E-state index in [1.807, 2.05) is 13.0 Å². The van der Waals surface area contributed by atoms with Crippen molar-refractivity contribution in [1.29, 1.82) is 0 Å². The predicted molar refractivity (Wildman–Crippen MR) is 109 cm³/mol. The average Bonchev–Trinajstić information content (AvgIpc) is 2.72. The molecule has 0 bridgehead atoms. The third-order valence-electron chi connectivity index (χ3n) is 4.59. The molecule has 3 aromatic rings. The molecule has 0 aromatic heterocycles. The molecule has 0 N–H and O–H groups in total. The first kappa shape index (κ1) is 20.2. The number of hydrogen-bond donors (Lipinski definition) is 0. The number of benzene rings is 3. The highest BCUT2D eigenvalue weighted by Crippen LogP contribution is 2.30.